The maximum atomic E-state index is 13.6. The van der Waals surface area contributed by atoms with Gasteiger partial charge in [-0.25, -0.2) is 8.78 Å². The summed E-state index contributed by atoms with van der Waals surface area (Å²) >= 11 is 0. The number of rotatable bonds is 3. The third-order valence-corrected chi connectivity index (χ3v) is 3.42. The zero-order chi connectivity index (χ0) is 20.0. The Morgan fingerprint density at radius 1 is 1.18 bits per heavy atom. The first-order valence-corrected chi connectivity index (χ1v) is 8.00. The topological polar surface area (TPSA) is 59.4 Å². The summed E-state index contributed by atoms with van der Waals surface area (Å²) in [6.07, 6.45) is 1.17. The molecule has 0 aliphatic heterocycles. The Morgan fingerprint density at radius 3 is 2.46 bits per heavy atom. The summed E-state index contributed by atoms with van der Waals surface area (Å²) in [6, 6.07) is 13.6. The van der Waals surface area contributed by atoms with Gasteiger partial charge in [0.25, 0.3) is 0 Å². The minimum Gasteiger partial charge on any atom is -0.516 e. The van der Waals surface area contributed by atoms with E-state index in [0.29, 0.717) is 17.0 Å². The molecule has 0 fully saturated rings. The molecule has 4 nitrogen and oxygen atoms in total. The number of aromatic nitrogens is 1. The standard InChI is InChI=1S/C16H10F2NO.C5H8O2.Ir/c1-20-12-4-2-3-10(7-12)15-6-5-13-14(18)8-11(17)9-16(13)19-15;1-4(6)3-5(2)7;/h2,4-9H,1H3;3,6H,1-2H3;/q-1;;/b;4-3-;. The number of carbonyl (C=O) groups is 1. The zero-order valence-corrected chi connectivity index (χ0v) is 17.8. The smallest absolute Gasteiger partial charge is 0.155 e. The number of halogens is 2. The Balaban J connectivity index is 0.000000425. The first kappa shape index (κ1) is 23.4. The monoisotopic (exact) mass is 563 g/mol. The summed E-state index contributed by atoms with van der Waals surface area (Å²) in [4.78, 5) is 14.3. The number of fused-ring (bicyclic) bond motifs is 1. The van der Waals surface area contributed by atoms with E-state index in [1.807, 2.05) is 0 Å². The number of aliphatic hydroxyl groups excluding tert-OH is 1. The van der Waals surface area contributed by atoms with Crippen LogP contribution in [0.2, 0.25) is 0 Å². The fourth-order valence-corrected chi connectivity index (χ4v) is 2.32. The molecule has 1 heterocycles. The van der Waals surface area contributed by atoms with Crippen molar-refractivity contribution in [3.05, 3.63) is 72.0 Å². The number of ketones is 1. The van der Waals surface area contributed by atoms with Crippen LogP contribution in [0.1, 0.15) is 13.8 Å². The average molecular weight is 563 g/mol. The molecule has 3 rings (SSSR count). The van der Waals surface area contributed by atoms with Gasteiger partial charge in [0.05, 0.1) is 18.4 Å². The van der Waals surface area contributed by atoms with Crippen LogP contribution in [0.25, 0.3) is 22.2 Å². The van der Waals surface area contributed by atoms with Crippen LogP contribution < -0.4 is 4.74 Å². The van der Waals surface area contributed by atoms with Crippen molar-refractivity contribution in [1.29, 1.82) is 0 Å². The number of benzene rings is 2. The maximum absolute atomic E-state index is 13.6. The van der Waals surface area contributed by atoms with Crippen LogP contribution >= 0.6 is 0 Å². The van der Waals surface area contributed by atoms with Gasteiger partial charge in [0.2, 0.25) is 0 Å². The quantitative estimate of drug-likeness (QED) is 0.277. The molecule has 2 aromatic carbocycles. The van der Waals surface area contributed by atoms with Crippen molar-refractivity contribution in [2.75, 3.05) is 7.11 Å². The summed E-state index contributed by atoms with van der Waals surface area (Å²) in [7, 11) is 1.57. The predicted octanol–water partition coefficient (Wildman–Crippen LogP) is 5.02. The molecule has 0 saturated carbocycles. The van der Waals surface area contributed by atoms with Crippen LogP contribution in [0.15, 0.2) is 54.3 Å². The molecule has 0 atom stereocenters. The van der Waals surface area contributed by atoms with E-state index in [1.54, 1.807) is 37.4 Å². The summed E-state index contributed by atoms with van der Waals surface area (Å²) in [6.45, 7) is 2.85. The number of carbonyl (C=O) groups excluding carboxylic acids is 1. The second-order valence-corrected chi connectivity index (χ2v) is 5.69. The molecule has 0 bridgehead atoms. The normalized spacial score (nSPS) is 10.5. The van der Waals surface area contributed by atoms with Crippen molar-refractivity contribution < 1.29 is 43.5 Å². The van der Waals surface area contributed by atoms with E-state index in [4.69, 9.17) is 9.84 Å². The van der Waals surface area contributed by atoms with Crippen LogP contribution in [0.4, 0.5) is 8.78 Å². The average Bonchev–Trinajstić information content (AvgIpc) is 2.60. The van der Waals surface area contributed by atoms with Crippen LogP contribution in [0.3, 0.4) is 0 Å². The van der Waals surface area contributed by atoms with Crippen LogP contribution in [-0.2, 0) is 24.9 Å². The zero-order valence-electron chi connectivity index (χ0n) is 15.4. The van der Waals surface area contributed by atoms with Gasteiger partial charge < -0.3 is 9.84 Å². The molecular weight excluding hydrogens is 544 g/mol. The van der Waals surface area contributed by atoms with E-state index in [1.165, 1.54) is 26.0 Å². The van der Waals surface area contributed by atoms with Gasteiger partial charge in [-0.1, -0.05) is 12.1 Å². The first-order chi connectivity index (χ1) is 12.8. The number of aliphatic hydroxyl groups is 1. The molecule has 149 valence electrons. The Morgan fingerprint density at radius 2 is 1.89 bits per heavy atom. The van der Waals surface area contributed by atoms with Crippen molar-refractivity contribution in [3.63, 3.8) is 0 Å². The van der Waals surface area contributed by atoms with E-state index >= 15 is 0 Å². The number of hydrogen-bond donors (Lipinski definition) is 1. The number of methoxy groups -OCH3 is 1. The first-order valence-electron chi connectivity index (χ1n) is 8.00. The number of pyridine rings is 1. The second kappa shape index (κ2) is 10.6. The molecule has 1 aromatic heterocycles. The molecule has 28 heavy (non-hydrogen) atoms. The van der Waals surface area contributed by atoms with Crippen LogP contribution in [0.5, 0.6) is 5.75 Å². The molecule has 3 aromatic rings. The number of hydrogen-bond acceptors (Lipinski definition) is 4. The molecular formula is C21H18F2IrNO3-. The molecule has 0 amide bonds. The SMILES string of the molecule is CC(=O)/C=C(/C)O.COc1cc[c-]c(-c2ccc3c(F)cc(F)cc3n2)c1.[Ir]. The molecule has 0 unspecified atom stereocenters. The van der Waals surface area contributed by atoms with Crippen LogP contribution in [-0.4, -0.2) is 23.0 Å². The van der Waals surface area contributed by atoms with Gasteiger partial charge >= 0.3 is 0 Å². The molecule has 0 aliphatic carbocycles. The van der Waals surface area contributed by atoms with Crippen molar-refractivity contribution in [2.24, 2.45) is 0 Å². The van der Waals surface area contributed by atoms with E-state index < -0.39 is 11.6 Å². The predicted molar refractivity (Wildman–Crippen MR) is 99.5 cm³/mol. The van der Waals surface area contributed by atoms with Crippen molar-refractivity contribution in [1.82, 2.24) is 4.98 Å². The fraction of sp³-hybridized carbons (Fsp3) is 0.143. The van der Waals surface area contributed by atoms with Gasteiger partial charge in [-0.2, -0.15) is 0 Å². The van der Waals surface area contributed by atoms with Crippen LogP contribution in [0, 0.1) is 17.7 Å². The Hall–Kier alpha value is -2.63. The van der Waals surface area contributed by atoms with Gasteiger partial charge in [0.15, 0.2) is 5.78 Å². The molecule has 0 saturated heterocycles. The number of allylic oxidation sites excluding steroid dienone is 2. The molecule has 1 N–H and O–H groups in total. The van der Waals surface area contributed by atoms with E-state index in [-0.39, 0.29) is 42.6 Å². The summed E-state index contributed by atoms with van der Waals surface area (Å²) < 4.78 is 32.0. The second-order valence-electron chi connectivity index (χ2n) is 5.69. The Labute approximate surface area is 175 Å². The number of nitrogens with zero attached hydrogens (tertiary/aromatic N) is 1. The largest absolute Gasteiger partial charge is 0.516 e. The van der Waals surface area contributed by atoms with Gasteiger partial charge in [-0.3, -0.25) is 9.78 Å². The fourth-order valence-electron chi connectivity index (χ4n) is 2.32. The maximum Gasteiger partial charge on any atom is 0.155 e. The Kier molecular flexibility index (Phi) is 8.89. The Bertz CT molecular complexity index is 1000. The van der Waals surface area contributed by atoms with E-state index in [2.05, 4.69) is 11.1 Å². The van der Waals surface area contributed by atoms with Crippen molar-refractivity contribution >= 4 is 16.7 Å². The van der Waals surface area contributed by atoms with Gasteiger partial charge in [-0.15, -0.1) is 29.8 Å². The minimum absolute atomic E-state index is 0. The molecule has 0 aliphatic rings. The third kappa shape index (κ3) is 6.51. The summed E-state index contributed by atoms with van der Waals surface area (Å²) in [5, 5.41) is 8.65. The molecule has 1 radical (unpaired) electrons. The van der Waals surface area contributed by atoms with E-state index in [9.17, 15) is 13.6 Å². The summed E-state index contributed by atoms with van der Waals surface area (Å²) in [5.41, 5.74) is 1.56. The minimum atomic E-state index is -0.644. The van der Waals surface area contributed by atoms with Crippen molar-refractivity contribution in [2.45, 2.75) is 13.8 Å². The third-order valence-electron chi connectivity index (χ3n) is 3.42. The molecule has 0 spiro atoms. The molecule has 7 heteroatoms. The van der Waals surface area contributed by atoms with E-state index in [0.717, 1.165) is 6.07 Å². The van der Waals surface area contributed by atoms with Crippen molar-refractivity contribution in [3.8, 4) is 17.0 Å². The summed E-state index contributed by atoms with van der Waals surface area (Å²) in [5.74, 6) is -0.651. The van der Waals surface area contributed by atoms with Gasteiger partial charge in [0.1, 0.15) is 11.6 Å². The van der Waals surface area contributed by atoms with Gasteiger partial charge in [-0.05, 0) is 25.6 Å². The number of ether oxygens (including phenoxy) is 1. The van der Waals surface area contributed by atoms with Gasteiger partial charge in [0, 0.05) is 43.4 Å².